The fourth-order valence-corrected chi connectivity index (χ4v) is 2.88. The van der Waals surface area contributed by atoms with E-state index in [1.807, 2.05) is 7.05 Å². The van der Waals surface area contributed by atoms with Crippen molar-refractivity contribution >= 4 is 5.97 Å². The van der Waals surface area contributed by atoms with Crippen LogP contribution in [0.1, 0.15) is 41.6 Å². The number of carboxylic acids is 1. The van der Waals surface area contributed by atoms with Crippen LogP contribution in [-0.2, 0) is 6.54 Å². The number of carboxylic acid groups (broad SMARTS) is 1. The lowest BCUT2D eigenvalue weighted by molar-refractivity contribution is 0.0696. The lowest BCUT2D eigenvalue weighted by Gasteiger charge is -2.21. The van der Waals surface area contributed by atoms with Gasteiger partial charge in [-0.05, 0) is 49.6 Å². The van der Waals surface area contributed by atoms with Crippen molar-refractivity contribution in [2.45, 2.75) is 32.2 Å². The Balaban J connectivity index is 1.99. The van der Waals surface area contributed by atoms with Crippen LogP contribution in [0, 0.1) is 11.7 Å². The summed E-state index contributed by atoms with van der Waals surface area (Å²) in [7, 11) is 2.00. The zero-order valence-corrected chi connectivity index (χ0v) is 11.2. The monoisotopic (exact) mass is 265 g/mol. The smallest absolute Gasteiger partial charge is 0.335 e. The number of benzene rings is 1. The molecule has 0 aliphatic heterocycles. The molecule has 4 heteroatoms. The van der Waals surface area contributed by atoms with Gasteiger partial charge in [0.15, 0.2) is 0 Å². The first-order valence-corrected chi connectivity index (χ1v) is 6.76. The van der Waals surface area contributed by atoms with Crippen LogP contribution in [0.3, 0.4) is 0 Å². The molecular weight excluding hydrogens is 245 g/mol. The molecule has 0 amide bonds. The fraction of sp³-hybridized carbons (Fsp3) is 0.533. The van der Waals surface area contributed by atoms with E-state index in [9.17, 15) is 9.18 Å². The van der Waals surface area contributed by atoms with Crippen molar-refractivity contribution < 1.29 is 14.3 Å². The highest BCUT2D eigenvalue weighted by atomic mass is 19.1. The van der Waals surface area contributed by atoms with Gasteiger partial charge < -0.3 is 10.0 Å². The van der Waals surface area contributed by atoms with Crippen molar-refractivity contribution in [1.29, 1.82) is 0 Å². The maximum Gasteiger partial charge on any atom is 0.335 e. The summed E-state index contributed by atoms with van der Waals surface area (Å²) in [5.41, 5.74) is 0.738. The van der Waals surface area contributed by atoms with Crippen LogP contribution in [0.15, 0.2) is 18.2 Å². The second-order valence-electron chi connectivity index (χ2n) is 5.50. The summed E-state index contributed by atoms with van der Waals surface area (Å²) in [6.45, 7) is 1.59. The molecule has 1 aliphatic rings. The third kappa shape index (κ3) is 4.03. The van der Waals surface area contributed by atoms with Crippen LogP contribution in [0.5, 0.6) is 0 Å². The molecule has 19 heavy (non-hydrogen) atoms. The van der Waals surface area contributed by atoms with Gasteiger partial charge >= 0.3 is 5.97 Å². The third-order valence-electron chi connectivity index (χ3n) is 3.70. The van der Waals surface area contributed by atoms with Crippen LogP contribution < -0.4 is 0 Å². The zero-order chi connectivity index (χ0) is 13.8. The average molecular weight is 265 g/mol. The molecule has 3 nitrogen and oxygen atoms in total. The van der Waals surface area contributed by atoms with Crippen LogP contribution in [0.4, 0.5) is 4.39 Å². The first-order chi connectivity index (χ1) is 9.04. The minimum absolute atomic E-state index is 0.0178. The van der Waals surface area contributed by atoms with E-state index >= 15 is 0 Å². The van der Waals surface area contributed by atoms with E-state index in [0.29, 0.717) is 6.54 Å². The van der Waals surface area contributed by atoms with Crippen molar-refractivity contribution in [3.8, 4) is 0 Å². The topological polar surface area (TPSA) is 40.5 Å². The van der Waals surface area contributed by atoms with E-state index in [1.54, 1.807) is 6.07 Å². The molecular formula is C15H20FNO2. The number of rotatable bonds is 5. The zero-order valence-electron chi connectivity index (χ0n) is 11.2. The number of halogens is 1. The largest absolute Gasteiger partial charge is 0.478 e. The Bertz CT molecular complexity index is 455. The van der Waals surface area contributed by atoms with E-state index in [0.717, 1.165) is 24.1 Å². The summed E-state index contributed by atoms with van der Waals surface area (Å²) in [6, 6.07) is 4.02. The Labute approximate surface area is 113 Å². The van der Waals surface area contributed by atoms with Crippen LogP contribution >= 0.6 is 0 Å². The molecule has 1 N–H and O–H groups in total. The van der Waals surface area contributed by atoms with Gasteiger partial charge in [-0.1, -0.05) is 12.8 Å². The normalized spacial score (nSPS) is 16.2. The molecule has 1 aromatic carbocycles. The molecule has 0 aromatic heterocycles. The lowest BCUT2D eigenvalue weighted by Crippen LogP contribution is -2.24. The number of aromatic carboxylic acids is 1. The molecule has 1 aromatic rings. The van der Waals surface area contributed by atoms with Crippen molar-refractivity contribution in [2.75, 3.05) is 13.6 Å². The van der Waals surface area contributed by atoms with Crippen molar-refractivity contribution in [3.63, 3.8) is 0 Å². The van der Waals surface area contributed by atoms with E-state index in [-0.39, 0.29) is 5.56 Å². The molecule has 0 saturated heterocycles. The van der Waals surface area contributed by atoms with Crippen molar-refractivity contribution in [1.82, 2.24) is 4.90 Å². The number of carbonyl (C=O) groups is 1. The standard InChI is InChI=1S/C15H20FNO2/c1-17(9-11-4-2-3-5-11)10-12-6-13(15(18)19)8-14(16)7-12/h6-8,11H,2-5,9-10H2,1H3,(H,18,19). The quantitative estimate of drug-likeness (QED) is 0.889. The highest BCUT2D eigenvalue weighted by molar-refractivity contribution is 5.87. The summed E-state index contributed by atoms with van der Waals surface area (Å²) < 4.78 is 13.4. The third-order valence-corrected chi connectivity index (χ3v) is 3.70. The summed E-state index contributed by atoms with van der Waals surface area (Å²) >= 11 is 0. The molecule has 1 saturated carbocycles. The molecule has 1 aliphatic carbocycles. The number of hydrogen-bond donors (Lipinski definition) is 1. The Kier molecular flexibility index (Phi) is 4.53. The lowest BCUT2D eigenvalue weighted by atomic mass is 10.1. The first-order valence-electron chi connectivity index (χ1n) is 6.76. The van der Waals surface area contributed by atoms with Gasteiger partial charge in [-0.3, -0.25) is 0 Å². The van der Waals surface area contributed by atoms with Gasteiger partial charge in [-0.15, -0.1) is 0 Å². The summed E-state index contributed by atoms with van der Waals surface area (Å²) in [4.78, 5) is 13.0. The van der Waals surface area contributed by atoms with Crippen LogP contribution in [0.2, 0.25) is 0 Å². The second-order valence-corrected chi connectivity index (χ2v) is 5.50. The van der Waals surface area contributed by atoms with E-state index in [1.165, 1.54) is 31.7 Å². The summed E-state index contributed by atoms with van der Waals surface area (Å²) in [5.74, 6) is -0.833. The summed E-state index contributed by atoms with van der Waals surface area (Å²) in [5, 5.41) is 8.92. The first kappa shape index (κ1) is 14.0. The highest BCUT2D eigenvalue weighted by Gasteiger charge is 2.17. The molecule has 0 atom stereocenters. The Morgan fingerprint density at radius 3 is 2.68 bits per heavy atom. The predicted octanol–water partition coefficient (Wildman–Crippen LogP) is 3.15. The Morgan fingerprint density at radius 1 is 1.37 bits per heavy atom. The minimum atomic E-state index is -1.08. The van der Waals surface area contributed by atoms with Gasteiger partial charge in [-0.2, -0.15) is 0 Å². The molecule has 0 spiro atoms. The Morgan fingerprint density at radius 2 is 2.05 bits per heavy atom. The highest BCUT2D eigenvalue weighted by Crippen LogP contribution is 2.25. The molecule has 0 bridgehead atoms. The number of hydrogen-bond acceptors (Lipinski definition) is 2. The van der Waals surface area contributed by atoms with Crippen molar-refractivity contribution in [2.24, 2.45) is 5.92 Å². The van der Waals surface area contributed by atoms with Gasteiger partial charge in [0.2, 0.25) is 0 Å². The molecule has 0 heterocycles. The molecule has 0 radical (unpaired) electrons. The van der Waals surface area contributed by atoms with Crippen molar-refractivity contribution in [3.05, 3.63) is 35.1 Å². The van der Waals surface area contributed by atoms with Gasteiger partial charge in [0, 0.05) is 13.1 Å². The van der Waals surface area contributed by atoms with Crippen LogP contribution in [-0.4, -0.2) is 29.6 Å². The van der Waals surface area contributed by atoms with E-state index in [4.69, 9.17) is 5.11 Å². The maximum atomic E-state index is 13.4. The predicted molar refractivity (Wildman–Crippen MR) is 71.7 cm³/mol. The Hall–Kier alpha value is -1.42. The minimum Gasteiger partial charge on any atom is -0.478 e. The van der Waals surface area contributed by atoms with Gasteiger partial charge in [-0.25, -0.2) is 9.18 Å². The molecule has 0 unspecified atom stereocenters. The van der Waals surface area contributed by atoms with Gasteiger partial charge in [0.1, 0.15) is 5.82 Å². The summed E-state index contributed by atoms with van der Waals surface area (Å²) in [6.07, 6.45) is 5.16. The maximum absolute atomic E-state index is 13.4. The van der Waals surface area contributed by atoms with Crippen LogP contribution in [0.25, 0.3) is 0 Å². The average Bonchev–Trinajstić information content (AvgIpc) is 2.80. The molecule has 104 valence electrons. The van der Waals surface area contributed by atoms with Gasteiger partial charge in [0.25, 0.3) is 0 Å². The molecule has 1 fully saturated rings. The SMILES string of the molecule is CN(Cc1cc(F)cc(C(=O)O)c1)CC1CCCC1. The molecule has 2 rings (SSSR count). The number of nitrogens with zero attached hydrogens (tertiary/aromatic N) is 1. The van der Waals surface area contributed by atoms with Gasteiger partial charge in [0.05, 0.1) is 5.56 Å². The second kappa shape index (κ2) is 6.15. The fourth-order valence-electron chi connectivity index (χ4n) is 2.88. The van der Waals surface area contributed by atoms with E-state index in [2.05, 4.69) is 4.90 Å². The van der Waals surface area contributed by atoms with E-state index < -0.39 is 11.8 Å².